The van der Waals surface area contributed by atoms with Gasteiger partial charge in [-0.3, -0.25) is 9.48 Å². The number of aromatic nitrogens is 3. The normalized spacial score (nSPS) is 20.2. The lowest BCUT2D eigenvalue weighted by atomic mass is 9.92. The molecule has 1 aromatic heterocycles. The number of carbonyl (C=O) groups is 1. The zero-order chi connectivity index (χ0) is 17.6. The highest BCUT2D eigenvalue weighted by Gasteiger charge is 2.19. The molecule has 25 heavy (non-hydrogen) atoms. The molecule has 3 rings (SSSR count). The molecule has 1 saturated heterocycles. The van der Waals surface area contributed by atoms with Crippen LogP contribution in [0, 0.1) is 11.8 Å². The average molecular weight is 342 g/mol. The Kier molecular flexibility index (Phi) is 5.65. The van der Waals surface area contributed by atoms with Crippen LogP contribution in [0.5, 0.6) is 0 Å². The van der Waals surface area contributed by atoms with E-state index in [0.717, 1.165) is 36.6 Å². The van der Waals surface area contributed by atoms with E-state index in [1.807, 2.05) is 35.1 Å². The number of hydrogen-bond acceptors (Lipinski definition) is 5. The summed E-state index contributed by atoms with van der Waals surface area (Å²) in [4.78, 5) is 11.4. The third kappa shape index (κ3) is 4.79. The smallest absolute Gasteiger partial charge is 0.239 e. The van der Waals surface area contributed by atoms with Crippen molar-refractivity contribution in [2.24, 2.45) is 11.8 Å². The van der Waals surface area contributed by atoms with E-state index in [2.05, 4.69) is 33.2 Å². The van der Waals surface area contributed by atoms with Gasteiger partial charge < -0.3 is 16.0 Å². The Morgan fingerprint density at radius 1 is 1.40 bits per heavy atom. The first-order valence-electron chi connectivity index (χ1n) is 8.80. The first-order valence-corrected chi connectivity index (χ1v) is 8.80. The van der Waals surface area contributed by atoms with Crippen molar-refractivity contribution >= 4 is 11.6 Å². The summed E-state index contributed by atoms with van der Waals surface area (Å²) in [5.74, 6) is 1.26. The van der Waals surface area contributed by atoms with Gasteiger partial charge in [0.15, 0.2) is 0 Å². The largest absolute Gasteiger partial charge is 0.376 e. The molecule has 1 aromatic carbocycles. The second kappa shape index (κ2) is 8.11. The summed E-state index contributed by atoms with van der Waals surface area (Å²) in [6.07, 6.45) is 3.22. The van der Waals surface area contributed by atoms with Gasteiger partial charge in [-0.15, -0.1) is 5.10 Å². The molecule has 0 spiro atoms. The van der Waals surface area contributed by atoms with Gasteiger partial charge in [-0.2, -0.15) is 0 Å². The van der Waals surface area contributed by atoms with Crippen LogP contribution in [0.25, 0.3) is 11.3 Å². The predicted octanol–water partition coefficient (Wildman–Crippen LogP) is 1.35. The number of amides is 1. The van der Waals surface area contributed by atoms with Crippen LogP contribution in [-0.2, 0) is 11.3 Å². The van der Waals surface area contributed by atoms with Gasteiger partial charge in [0, 0.05) is 24.8 Å². The van der Waals surface area contributed by atoms with Crippen molar-refractivity contribution < 1.29 is 4.79 Å². The van der Waals surface area contributed by atoms with Crippen molar-refractivity contribution in [1.29, 1.82) is 0 Å². The summed E-state index contributed by atoms with van der Waals surface area (Å²) < 4.78 is 1.93. The molecule has 2 unspecified atom stereocenters. The monoisotopic (exact) mass is 342 g/mol. The van der Waals surface area contributed by atoms with Crippen LogP contribution >= 0.6 is 0 Å². The maximum Gasteiger partial charge on any atom is 0.239 e. The van der Waals surface area contributed by atoms with Crippen LogP contribution in [0.15, 0.2) is 30.5 Å². The van der Waals surface area contributed by atoms with Gasteiger partial charge in [0.05, 0.1) is 12.7 Å². The third-order valence-corrected chi connectivity index (χ3v) is 4.54. The van der Waals surface area contributed by atoms with Crippen molar-refractivity contribution in [2.75, 3.05) is 32.0 Å². The fourth-order valence-electron chi connectivity index (χ4n) is 3.25. The molecule has 2 aromatic rings. The van der Waals surface area contributed by atoms with Gasteiger partial charge in [-0.05, 0) is 43.5 Å². The van der Waals surface area contributed by atoms with Gasteiger partial charge in [-0.1, -0.05) is 24.3 Å². The molecule has 0 aliphatic carbocycles. The van der Waals surface area contributed by atoms with Crippen molar-refractivity contribution in [2.45, 2.75) is 19.9 Å². The van der Waals surface area contributed by atoms with Crippen molar-refractivity contribution in [1.82, 2.24) is 25.6 Å². The Morgan fingerprint density at radius 3 is 3.08 bits per heavy atom. The third-order valence-electron chi connectivity index (χ3n) is 4.54. The lowest BCUT2D eigenvalue weighted by Crippen LogP contribution is -2.37. The fourth-order valence-corrected chi connectivity index (χ4v) is 3.25. The molecule has 2 heterocycles. The van der Waals surface area contributed by atoms with Gasteiger partial charge in [0.2, 0.25) is 5.91 Å². The van der Waals surface area contributed by atoms with E-state index in [1.165, 1.54) is 6.42 Å². The van der Waals surface area contributed by atoms with Crippen molar-refractivity contribution in [3.63, 3.8) is 0 Å². The van der Waals surface area contributed by atoms with Crippen LogP contribution < -0.4 is 16.0 Å². The van der Waals surface area contributed by atoms with E-state index in [-0.39, 0.29) is 12.5 Å². The summed E-state index contributed by atoms with van der Waals surface area (Å²) in [6.45, 7) is 5.56. The minimum atomic E-state index is -0.0494. The summed E-state index contributed by atoms with van der Waals surface area (Å²) in [5, 5.41) is 17.8. The number of likely N-dealkylation sites (N-methyl/N-ethyl adjacent to an activating group) is 1. The number of piperidine rings is 1. The fraction of sp³-hybridized carbons (Fsp3) is 0.500. The molecule has 0 saturated carbocycles. The zero-order valence-electron chi connectivity index (χ0n) is 14.8. The standard InChI is InChI=1S/C18H26N6O/c1-13-6-14(9-20-8-13)11-24-12-17(22-23-24)15-4-3-5-16(7-15)21-10-18(25)19-2/h3-5,7,12-14,20-21H,6,8-11H2,1-2H3,(H,19,25). The molecule has 1 aliphatic rings. The van der Waals surface area contributed by atoms with E-state index >= 15 is 0 Å². The van der Waals surface area contributed by atoms with Crippen LogP contribution in [0.4, 0.5) is 5.69 Å². The first-order chi connectivity index (χ1) is 12.1. The average Bonchev–Trinajstić information content (AvgIpc) is 3.08. The Balaban J connectivity index is 1.64. The molecule has 0 bridgehead atoms. The van der Waals surface area contributed by atoms with Crippen molar-refractivity contribution in [3.05, 3.63) is 30.5 Å². The van der Waals surface area contributed by atoms with E-state index in [9.17, 15) is 4.79 Å². The highest BCUT2D eigenvalue weighted by atomic mass is 16.1. The Morgan fingerprint density at radius 2 is 2.28 bits per heavy atom. The number of nitrogens with one attached hydrogen (secondary N) is 3. The first kappa shape index (κ1) is 17.4. The summed E-state index contributed by atoms with van der Waals surface area (Å²) in [5.41, 5.74) is 2.73. The minimum absolute atomic E-state index is 0.0494. The molecule has 1 aliphatic heterocycles. The quantitative estimate of drug-likeness (QED) is 0.738. The van der Waals surface area contributed by atoms with Crippen LogP contribution in [0.2, 0.25) is 0 Å². The van der Waals surface area contributed by atoms with E-state index in [1.54, 1.807) is 7.05 Å². The number of carbonyl (C=O) groups excluding carboxylic acids is 1. The zero-order valence-corrected chi connectivity index (χ0v) is 14.8. The van der Waals surface area contributed by atoms with Gasteiger partial charge >= 0.3 is 0 Å². The molecular formula is C18H26N6O. The van der Waals surface area contributed by atoms with Crippen molar-refractivity contribution in [3.8, 4) is 11.3 Å². The number of nitrogens with zero attached hydrogens (tertiary/aromatic N) is 3. The van der Waals surface area contributed by atoms with Crippen LogP contribution in [-0.4, -0.2) is 47.6 Å². The van der Waals surface area contributed by atoms with Gasteiger partial charge in [0.25, 0.3) is 0 Å². The summed E-state index contributed by atoms with van der Waals surface area (Å²) in [7, 11) is 1.63. The lowest BCUT2D eigenvalue weighted by Gasteiger charge is -2.27. The molecular weight excluding hydrogens is 316 g/mol. The second-order valence-corrected chi connectivity index (χ2v) is 6.80. The molecule has 7 nitrogen and oxygen atoms in total. The molecule has 3 N–H and O–H groups in total. The lowest BCUT2D eigenvalue weighted by molar-refractivity contribution is -0.118. The Labute approximate surface area is 148 Å². The Bertz CT molecular complexity index is 713. The molecule has 1 amide bonds. The molecule has 2 atom stereocenters. The Hall–Kier alpha value is -2.41. The molecule has 0 radical (unpaired) electrons. The minimum Gasteiger partial charge on any atom is -0.376 e. The maximum atomic E-state index is 11.4. The number of benzene rings is 1. The molecule has 7 heteroatoms. The van der Waals surface area contributed by atoms with Crippen LogP contribution in [0.3, 0.4) is 0 Å². The summed E-state index contributed by atoms with van der Waals surface area (Å²) in [6, 6.07) is 7.88. The maximum absolute atomic E-state index is 11.4. The SMILES string of the molecule is CNC(=O)CNc1cccc(-c2cn(CC3CNCC(C)C3)nn2)c1. The van der Waals surface area contributed by atoms with Gasteiger partial charge in [-0.25, -0.2) is 0 Å². The second-order valence-electron chi connectivity index (χ2n) is 6.80. The van der Waals surface area contributed by atoms with E-state index < -0.39 is 0 Å². The number of anilines is 1. The highest BCUT2D eigenvalue weighted by Crippen LogP contribution is 2.22. The predicted molar refractivity (Wildman–Crippen MR) is 98.2 cm³/mol. The van der Waals surface area contributed by atoms with Crippen LogP contribution in [0.1, 0.15) is 13.3 Å². The highest BCUT2D eigenvalue weighted by molar-refractivity contribution is 5.80. The van der Waals surface area contributed by atoms with E-state index in [0.29, 0.717) is 11.8 Å². The number of hydrogen-bond donors (Lipinski definition) is 3. The number of rotatable bonds is 6. The summed E-state index contributed by atoms with van der Waals surface area (Å²) >= 11 is 0. The molecule has 1 fully saturated rings. The van der Waals surface area contributed by atoms with Gasteiger partial charge in [0.1, 0.15) is 5.69 Å². The topological polar surface area (TPSA) is 83.9 Å². The van der Waals surface area contributed by atoms with E-state index in [4.69, 9.17) is 0 Å². The molecule has 134 valence electrons.